The Balaban J connectivity index is -0.000000384. The largest absolute Gasteiger partial charge is 0.341 e. The highest BCUT2D eigenvalue weighted by atomic mass is 16.5. The van der Waals surface area contributed by atoms with Crippen molar-refractivity contribution < 1.29 is 30.0 Å². The van der Waals surface area contributed by atoms with Crippen LogP contribution in [0.5, 0.6) is 0 Å². The number of nitrogens with two attached hydrogens (primary N) is 1. The van der Waals surface area contributed by atoms with Gasteiger partial charge in [0.05, 0.1) is 13.2 Å². The summed E-state index contributed by atoms with van der Waals surface area (Å²) in [6, 6.07) is -0.354. The molecule has 6 N–H and O–H groups in total. The topological polar surface area (TPSA) is 160 Å². The molecule has 0 unspecified atom stereocenters. The third-order valence-corrected chi connectivity index (χ3v) is 3.47. The van der Waals surface area contributed by atoms with Crippen LogP contribution >= 0.6 is 0 Å². The molecule has 0 saturated heterocycles. The van der Waals surface area contributed by atoms with E-state index in [9.17, 15) is 14.4 Å². The monoisotopic (exact) mass is 451 g/mol. The summed E-state index contributed by atoms with van der Waals surface area (Å²) >= 11 is 0. The van der Waals surface area contributed by atoms with Crippen molar-refractivity contribution in [2.75, 3.05) is 19.8 Å². The molecule has 0 spiro atoms. The maximum absolute atomic E-state index is 11.0. The quantitative estimate of drug-likeness (QED) is 0.205. The maximum Gasteiger partial charge on any atom is 0.341 e. The summed E-state index contributed by atoms with van der Waals surface area (Å²) in [5, 5.41) is 31.3. The molecular weight excluding hydrogens is 406 g/mol. The number of carbonyl (C=O) groups excluding carboxylic acids is 3. The highest BCUT2D eigenvalue weighted by Crippen LogP contribution is 1.98. The Bertz CT molecular complexity index is 489. The molecule has 186 valence electrons. The summed E-state index contributed by atoms with van der Waals surface area (Å²) in [4.78, 5) is 32.6. The van der Waals surface area contributed by atoms with Crippen LogP contribution in [0.4, 0.5) is 4.79 Å². The van der Waals surface area contributed by atoms with E-state index in [2.05, 4.69) is 5.32 Å². The molecular formula is C20H45N5O6. The van der Waals surface area contributed by atoms with Gasteiger partial charge in [-0.3, -0.25) is 25.2 Å². The van der Waals surface area contributed by atoms with Gasteiger partial charge in [0.1, 0.15) is 0 Å². The summed E-state index contributed by atoms with van der Waals surface area (Å²) in [6.45, 7) is 15.2. The van der Waals surface area contributed by atoms with Crippen molar-refractivity contribution >= 4 is 17.8 Å². The number of hydrogen-bond donors (Lipinski definition) is 5. The Morgan fingerprint density at radius 3 is 1.52 bits per heavy atom. The van der Waals surface area contributed by atoms with Gasteiger partial charge in [0, 0.05) is 24.4 Å². The first-order valence-corrected chi connectivity index (χ1v) is 10.7. The standard InChI is InChI=1S/C8H18N2O2.C7H15NO2.C5H12N2O2/c1-4-5-6-10(12)8(11)9-7(2)3;1-4-5-8(10)7(9)6(2)3;1-4(2)5(8)7(9)3-6/h7,12H,4-6H2,1-3H3,(H,9,11);6,10H,4-5H2,1-3H3;4,9H,3,6H2,1-2H3. The van der Waals surface area contributed by atoms with Crippen LogP contribution < -0.4 is 11.1 Å². The van der Waals surface area contributed by atoms with Crippen molar-refractivity contribution in [3.8, 4) is 0 Å². The molecule has 0 aromatic rings. The second kappa shape index (κ2) is 20.0. The number of hydrogen-bond acceptors (Lipinski definition) is 7. The number of hydroxylamine groups is 6. The zero-order chi connectivity index (χ0) is 25.1. The van der Waals surface area contributed by atoms with Gasteiger partial charge in [0.2, 0.25) is 11.8 Å². The molecule has 0 fully saturated rings. The zero-order valence-corrected chi connectivity index (χ0v) is 20.5. The third kappa shape index (κ3) is 19.7. The fourth-order valence-electron chi connectivity index (χ4n) is 1.74. The summed E-state index contributed by atoms with van der Waals surface area (Å²) in [7, 11) is 0. The molecule has 0 heterocycles. The van der Waals surface area contributed by atoms with Crippen molar-refractivity contribution in [3.05, 3.63) is 0 Å². The molecule has 0 aromatic carbocycles. The Kier molecular flexibility index (Phi) is 21.7. The van der Waals surface area contributed by atoms with E-state index in [1.54, 1.807) is 27.7 Å². The van der Waals surface area contributed by atoms with Gasteiger partial charge in [0.25, 0.3) is 0 Å². The number of urea groups is 1. The lowest BCUT2D eigenvalue weighted by molar-refractivity contribution is -0.169. The average Bonchev–Trinajstić information content (AvgIpc) is 2.70. The molecule has 0 saturated carbocycles. The van der Waals surface area contributed by atoms with Crippen molar-refractivity contribution in [1.82, 2.24) is 20.5 Å². The molecule has 0 aromatic heterocycles. The van der Waals surface area contributed by atoms with Crippen LogP contribution in [-0.2, 0) is 9.59 Å². The first-order valence-electron chi connectivity index (χ1n) is 10.7. The van der Waals surface area contributed by atoms with Gasteiger partial charge in [-0.1, -0.05) is 48.0 Å². The van der Waals surface area contributed by atoms with Gasteiger partial charge in [-0.05, 0) is 26.7 Å². The lowest BCUT2D eigenvalue weighted by Gasteiger charge is -2.16. The number of nitrogens with zero attached hydrogens (tertiary/aromatic N) is 3. The normalized spacial score (nSPS) is 10.0. The van der Waals surface area contributed by atoms with Crippen LogP contribution in [-0.4, -0.2) is 74.5 Å². The predicted octanol–water partition coefficient (Wildman–Crippen LogP) is 2.64. The Morgan fingerprint density at radius 2 is 1.23 bits per heavy atom. The van der Waals surface area contributed by atoms with Crippen molar-refractivity contribution in [1.29, 1.82) is 0 Å². The summed E-state index contributed by atoms with van der Waals surface area (Å²) in [5.41, 5.74) is 4.97. The van der Waals surface area contributed by atoms with Gasteiger partial charge < -0.3 is 11.1 Å². The van der Waals surface area contributed by atoms with E-state index in [0.717, 1.165) is 29.4 Å². The molecule has 31 heavy (non-hydrogen) atoms. The zero-order valence-electron chi connectivity index (χ0n) is 20.5. The van der Waals surface area contributed by atoms with E-state index in [4.69, 9.17) is 21.4 Å². The lowest BCUT2D eigenvalue weighted by Crippen LogP contribution is -2.41. The maximum atomic E-state index is 11.0. The van der Waals surface area contributed by atoms with E-state index >= 15 is 0 Å². The second-order valence-electron chi connectivity index (χ2n) is 7.77. The summed E-state index contributed by atoms with van der Waals surface area (Å²) in [5.74, 6) is -0.866. The number of unbranched alkanes of at least 4 members (excludes halogenated alkanes) is 1. The van der Waals surface area contributed by atoms with Gasteiger partial charge in [0.15, 0.2) is 0 Å². The highest BCUT2D eigenvalue weighted by molar-refractivity contribution is 5.77. The first-order chi connectivity index (χ1) is 14.3. The molecule has 11 nitrogen and oxygen atoms in total. The molecule has 0 radical (unpaired) electrons. The number of amides is 4. The fraction of sp³-hybridized carbons (Fsp3) is 0.850. The minimum absolute atomic E-state index is 0.0637. The van der Waals surface area contributed by atoms with Crippen LogP contribution in [0.15, 0.2) is 0 Å². The average molecular weight is 452 g/mol. The molecule has 0 aliphatic rings. The molecule has 0 aliphatic heterocycles. The van der Waals surface area contributed by atoms with Gasteiger partial charge in [-0.15, -0.1) is 0 Å². The number of nitrogens with one attached hydrogen (secondary N) is 1. The van der Waals surface area contributed by atoms with Crippen LogP contribution in [0.3, 0.4) is 0 Å². The lowest BCUT2D eigenvalue weighted by atomic mass is 10.2. The van der Waals surface area contributed by atoms with Crippen LogP contribution in [0.2, 0.25) is 0 Å². The van der Waals surface area contributed by atoms with Gasteiger partial charge >= 0.3 is 6.03 Å². The van der Waals surface area contributed by atoms with E-state index in [-0.39, 0.29) is 36.4 Å². The Morgan fingerprint density at radius 1 is 0.774 bits per heavy atom. The predicted molar refractivity (Wildman–Crippen MR) is 118 cm³/mol. The van der Waals surface area contributed by atoms with E-state index in [1.165, 1.54) is 0 Å². The highest BCUT2D eigenvalue weighted by Gasteiger charge is 2.13. The van der Waals surface area contributed by atoms with Gasteiger partial charge in [-0.25, -0.2) is 20.0 Å². The molecule has 0 bridgehead atoms. The minimum Gasteiger partial charge on any atom is -0.334 e. The molecule has 0 atom stereocenters. The number of carbonyl (C=O) groups is 3. The number of rotatable bonds is 9. The molecule has 0 rings (SSSR count). The van der Waals surface area contributed by atoms with E-state index in [0.29, 0.717) is 18.2 Å². The first kappa shape index (κ1) is 33.7. The summed E-state index contributed by atoms with van der Waals surface area (Å²) in [6.07, 6.45) is 2.57. The second-order valence-corrected chi connectivity index (χ2v) is 7.77. The van der Waals surface area contributed by atoms with E-state index in [1.807, 2.05) is 27.7 Å². The SMILES string of the molecule is CC(C)C(=O)N(O)CN.CCCCN(O)C(=O)NC(C)C.CCCN(O)C(=O)C(C)C. The fourth-order valence-corrected chi connectivity index (χ4v) is 1.74. The van der Waals surface area contributed by atoms with Crippen LogP contribution in [0, 0.1) is 11.8 Å². The molecule has 4 amide bonds. The van der Waals surface area contributed by atoms with Crippen LogP contribution in [0.1, 0.15) is 74.7 Å². The smallest absolute Gasteiger partial charge is 0.334 e. The summed E-state index contributed by atoms with van der Waals surface area (Å²) < 4.78 is 0. The molecule has 11 heteroatoms. The van der Waals surface area contributed by atoms with Crippen LogP contribution in [0.25, 0.3) is 0 Å². The van der Waals surface area contributed by atoms with Crippen molar-refractivity contribution in [3.63, 3.8) is 0 Å². The molecule has 0 aliphatic carbocycles. The minimum atomic E-state index is -0.418. The van der Waals surface area contributed by atoms with Crippen molar-refractivity contribution in [2.45, 2.75) is 80.7 Å². The Hall–Kier alpha value is -1.95. The van der Waals surface area contributed by atoms with Gasteiger partial charge in [-0.2, -0.15) is 0 Å². The third-order valence-electron chi connectivity index (χ3n) is 3.47. The van der Waals surface area contributed by atoms with Crippen molar-refractivity contribution in [2.24, 2.45) is 17.6 Å². The Labute approximate surface area is 187 Å². The van der Waals surface area contributed by atoms with E-state index < -0.39 is 6.03 Å².